The van der Waals surface area contributed by atoms with Gasteiger partial charge in [-0.05, 0) is 37.1 Å². The lowest BCUT2D eigenvalue weighted by Crippen LogP contribution is -2.49. The van der Waals surface area contributed by atoms with Gasteiger partial charge in [-0.15, -0.1) is 0 Å². The Bertz CT molecular complexity index is 434. The van der Waals surface area contributed by atoms with Crippen LogP contribution < -0.4 is 5.32 Å². The second-order valence-electron chi connectivity index (χ2n) is 4.78. The molecular formula is C14H19N3. The number of piperazine rings is 1. The summed E-state index contributed by atoms with van der Waals surface area (Å²) in [5.41, 5.74) is 3.30. The molecule has 0 spiro atoms. The minimum absolute atomic E-state index is 0.582. The van der Waals surface area contributed by atoms with Gasteiger partial charge in [0.25, 0.3) is 0 Å². The molecule has 0 radical (unpaired) electrons. The Morgan fingerprint density at radius 3 is 3.00 bits per heavy atom. The van der Waals surface area contributed by atoms with Gasteiger partial charge in [0.15, 0.2) is 0 Å². The van der Waals surface area contributed by atoms with Crippen LogP contribution in [-0.2, 0) is 6.54 Å². The maximum Gasteiger partial charge on any atom is 0.0991 e. The molecule has 0 amide bonds. The molecule has 1 N–H and O–H groups in total. The normalized spacial score (nSPS) is 21.1. The first-order valence-electron chi connectivity index (χ1n) is 6.15. The summed E-state index contributed by atoms with van der Waals surface area (Å²) in [6, 6.07) is 8.74. The summed E-state index contributed by atoms with van der Waals surface area (Å²) < 4.78 is 0. The van der Waals surface area contributed by atoms with E-state index in [1.54, 1.807) is 0 Å². The summed E-state index contributed by atoms with van der Waals surface area (Å²) >= 11 is 0. The van der Waals surface area contributed by atoms with Crippen LogP contribution in [0.25, 0.3) is 0 Å². The predicted octanol–water partition coefficient (Wildman–Crippen LogP) is 1.66. The van der Waals surface area contributed by atoms with Crippen molar-refractivity contribution in [2.24, 2.45) is 0 Å². The van der Waals surface area contributed by atoms with Crippen molar-refractivity contribution in [1.29, 1.82) is 5.26 Å². The van der Waals surface area contributed by atoms with Crippen LogP contribution in [0, 0.1) is 18.3 Å². The molecule has 1 atom stereocenters. The van der Waals surface area contributed by atoms with Crippen LogP contribution in [0.5, 0.6) is 0 Å². The number of aryl methyl sites for hydroxylation is 1. The van der Waals surface area contributed by atoms with Crippen LogP contribution in [0.1, 0.15) is 23.6 Å². The Labute approximate surface area is 103 Å². The first kappa shape index (κ1) is 12.1. The lowest BCUT2D eigenvalue weighted by molar-refractivity contribution is 0.165. The van der Waals surface area contributed by atoms with Crippen LogP contribution in [0.3, 0.4) is 0 Å². The summed E-state index contributed by atoms with van der Waals surface area (Å²) in [4.78, 5) is 2.49. The van der Waals surface area contributed by atoms with E-state index in [2.05, 4.69) is 36.2 Å². The Kier molecular flexibility index (Phi) is 3.78. The molecule has 0 aliphatic carbocycles. The van der Waals surface area contributed by atoms with E-state index in [-0.39, 0.29) is 0 Å². The van der Waals surface area contributed by atoms with E-state index >= 15 is 0 Å². The topological polar surface area (TPSA) is 39.1 Å². The number of rotatable bonds is 2. The van der Waals surface area contributed by atoms with Crippen LogP contribution in [0.2, 0.25) is 0 Å². The molecule has 0 aromatic heterocycles. The first-order valence-corrected chi connectivity index (χ1v) is 6.15. The molecule has 1 saturated heterocycles. The van der Waals surface area contributed by atoms with E-state index < -0.39 is 0 Å². The fourth-order valence-corrected chi connectivity index (χ4v) is 2.28. The zero-order chi connectivity index (χ0) is 12.3. The molecule has 1 fully saturated rings. The third-order valence-electron chi connectivity index (χ3n) is 3.48. The molecule has 1 aromatic carbocycles. The second kappa shape index (κ2) is 5.31. The molecule has 1 heterocycles. The maximum absolute atomic E-state index is 8.85. The Morgan fingerprint density at radius 2 is 2.35 bits per heavy atom. The highest BCUT2D eigenvalue weighted by molar-refractivity contribution is 5.37. The van der Waals surface area contributed by atoms with Gasteiger partial charge in [-0.25, -0.2) is 0 Å². The van der Waals surface area contributed by atoms with E-state index in [9.17, 15) is 0 Å². The first-order chi connectivity index (χ1) is 8.20. The number of hydrogen-bond acceptors (Lipinski definition) is 3. The van der Waals surface area contributed by atoms with Gasteiger partial charge in [-0.1, -0.05) is 6.07 Å². The minimum Gasteiger partial charge on any atom is -0.314 e. The number of nitrogens with one attached hydrogen (secondary N) is 1. The summed E-state index contributed by atoms with van der Waals surface area (Å²) in [5.74, 6) is 0. The largest absolute Gasteiger partial charge is 0.314 e. The monoisotopic (exact) mass is 229 g/mol. The Hall–Kier alpha value is -1.37. The van der Waals surface area contributed by atoms with Crippen molar-refractivity contribution in [2.75, 3.05) is 19.6 Å². The van der Waals surface area contributed by atoms with Gasteiger partial charge < -0.3 is 5.32 Å². The zero-order valence-corrected chi connectivity index (χ0v) is 10.5. The molecule has 2 rings (SSSR count). The number of hydrogen-bond donors (Lipinski definition) is 1. The number of nitrogens with zero attached hydrogens (tertiary/aromatic N) is 2. The van der Waals surface area contributed by atoms with Crippen molar-refractivity contribution >= 4 is 0 Å². The maximum atomic E-state index is 8.85. The third-order valence-corrected chi connectivity index (χ3v) is 3.48. The molecule has 3 heteroatoms. The number of benzene rings is 1. The van der Waals surface area contributed by atoms with E-state index in [0.29, 0.717) is 6.04 Å². The lowest BCUT2D eigenvalue weighted by Gasteiger charge is -2.34. The van der Waals surface area contributed by atoms with E-state index in [0.717, 1.165) is 31.7 Å². The predicted molar refractivity (Wildman–Crippen MR) is 68.6 cm³/mol. The van der Waals surface area contributed by atoms with Gasteiger partial charge in [-0.3, -0.25) is 4.90 Å². The average molecular weight is 229 g/mol. The molecule has 3 nitrogen and oxygen atoms in total. The van der Waals surface area contributed by atoms with Gasteiger partial charge in [0.05, 0.1) is 11.6 Å². The lowest BCUT2D eigenvalue weighted by atomic mass is 10.0. The van der Waals surface area contributed by atoms with Gasteiger partial charge >= 0.3 is 0 Å². The van der Waals surface area contributed by atoms with Gasteiger partial charge in [0, 0.05) is 32.2 Å². The highest BCUT2D eigenvalue weighted by atomic mass is 15.2. The Morgan fingerprint density at radius 1 is 1.53 bits per heavy atom. The standard InChI is InChI=1S/C14H19N3/c1-11-7-13(8-15)3-4-14(11)10-17-6-5-16-9-12(17)2/h3-4,7,12,16H,5-6,9-10H2,1-2H3/t12-/m1/s1. The van der Waals surface area contributed by atoms with Crippen LogP contribution >= 0.6 is 0 Å². The second-order valence-corrected chi connectivity index (χ2v) is 4.78. The molecule has 1 aliphatic rings. The molecule has 1 aromatic rings. The van der Waals surface area contributed by atoms with E-state index in [1.807, 2.05) is 12.1 Å². The molecular weight excluding hydrogens is 210 g/mol. The number of nitriles is 1. The Balaban J connectivity index is 2.10. The fourth-order valence-electron chi connectivity index (χ4n) is 2.28. The van der Waals surface area contributed by atoms with Gasteiger partial charge in [0.2, 0.25) is 0 Å². The highest BCUT2D eigenvalue weighted by Gasteiger charge is 2.18. The average Bonchev–Trinajstić information content (AvgIpc) is 2.34. The van der Waals surface area contributed by atoms with Crippen LogP contribution in [0.4, 0.5) is 0 Å². The van der Waals surface area contributed by atoms with Crippen molar-refractivity contribution in [3.63, 3.8) is 0 Å². The van der Waals surface area contributed by atoms with Crippen molar-refractivity contribution in [2.45, 2.75) is 26.4 Å². The minimum atomic E-state index is 0.582. The quantitative estimate of drug-likeness (QED) is 0.838. The van der Waals surface area contributed by atoms with Crippen molar-refractivity contribution < 1.29 is 0 Å². The smallest absolute Gasteiger partial charge is 0.0991 e. The molecule has 0 saturated carbocycles. The van der Waals surface area contributed by atoms with Crippen LogP contribution in [-0.4, -0.2) is 30.6 Å². The highest BCUT2D eigenvalue weighted by Crippen LogP contribution is 2.15. The molecule has 90 valence electrons. The summed E-state index contributed by atoms with van der Waals surface area (Å²) in [5, 5.41) is 12.2. The third kappa shape index (κ3) is 2.85. The van der Waals surface area contributed by atoms with Crippen molar-refractivity contribution in [3.05, 3.63) is 34.9 Å². The van der Waals surface area contributed by atoms with E-state index in [1.165, 1.54) is 11.1 Å². The molecule has 1 aliphatic heterocycles. The molecule has 0 bridgehead atoms. The van der Waals surface area contributed by atoms with Crippen LogP contribution in [0.15, 0.2) is 18.2 Å². The van der Waals surface area contributed by atoms with Crippen molar-refractivity contribution in [3.8, 4) is 6.07 Å². The zero-order valence-electron chi connectivity index (χ0n) is 10.5. The summed E-state index contributed by atoms with van der Waals surface area (Å²) in [7, 11) is 0. The SMILES string of the molecule is Cc1cc(C#N)ccc1CN1CCNC[C@H]1C. The molecule has 0 unspecified atom stereocenters. The van der Waals surface area contributed by atoms with Gasteiger partial charge in [0.1, 0.15) is 0 Å². The fraction of sp³-hybridized carbons (Fsp3) is 0.500. The summed E-state index contributed by atoms with van der Waals surface area (Å²) in [6.45, 7) is 8.56. The molecule has 17 heavy (non-hydrogen) atoms. The van der Waals surface area contributed by atoms with Crippen molar-refractivity contribution in [1.82, 2.24) is 10.2 Å². The van der Waals surface area contributed by atoms with E-state index in [4.69, 9.17) is 5.26 Å². The van der Waals surface area contributed by atoms with Gasteiger partial charge in [-0.2, -0.15) is 5.26 Å². The summed E-state index contributed by atoms with van der Waals surface area (Å²) in [6.07, 6.45) is 0.